The first-order valence-electron chi connectivity index (χ1n) is 9.70. The molecule has 2 atom stereocenters. The molecule has 0 aromatic carbocycles. The zero-order valence-corrected chi connectivity index (χ0v) is 16.2. The summed E-state index contributed by atoms with van der Waals surface area (Å²) >= 11 is 0. The lowest BCUT2D eigenvalue weighted by atomic mass is 9.77. The van der Waals surface area contributed by atoms with E-state index in [4.69, 9.17) is 11.0 Å². The van der Waals surface area contributed by atoms with E-state index in [0.29, 0.717) is 6.54 Å². The van der Waals surface area contributed by atoms with E-state index in [-0.39, 0.29) is 0 Å². The lowest BCUT2D eigenvalue weighted by molar-refractivity contribution is 0.224. The van der Waals surface area contributed by atoms with Crippen LogP contribution in [0.3, 0.4) is 0 Å². The van der Waals surface area contributed by atoms with E-state index in [0.717, 1.165) is 11.8 Å². The van der Waals surface area contributed by atoms with E-state index in [9.17, 15) is 0 Å². The quantitative estimate of drug-likeness (QED) is 0.642. The Morgan fingerprint density at radius 1 is 1.08 bits per heavy atom. The maximum Gasteiger partial charge on any atom is 0.0587 e. The van der Waals surface area contributed by atoms with Gasteiger partial charge in [-0.25, -0.2) is 0 Å². The highest BCUT2D eigenvalue weighted by Gasteiger charge is 2.21. The summed E-state index contributed by atoms with van der Waals surface area (Å²) in [6, 6.07) is 1.75. The van der Waals surface area contributed by atoms with Crippen molar-refractivity contribution < 1.29 is 0 Å². The van der Waals surface area contributed by atoms with Gasteiger partial charge in [-0.05, 0) is 42.2 Å². The number of rotatable bonds is 5. The number of hydrogen-bond donors (Lipinski definition) is 1. The topological polar surface area (TPSA) is 49.8 Å². The molecular formula is C22H38N2. The molecule has 24 heavy (non-hydrogen) atoms. The Balaban J connectivity index is 0.000000381. The number of allylic oxidation sites excluding steroid dienone is 4. The molecule has 136 valence electrons. The van der Waals surface area contributed by atoms with Crippen molar-refractivity contribution in [2.45, 2.75) is 78.6 Å². The molecular weight excluding hydrogens is 292 g/mol. The van der Waals surface area contributed by atoms with Crippen LogP contribution in [-0.4, -0.2) is 6.54 Å². The first-order chi connectivity index (χ1) is 11.7. The smallest absolute Gasteiger partial charge is 0.0587 e. The Morgan fingerprint density at radius 2 is 1.58 bits per heavy atom. The molecule has 2 rings (SSSR count). The van der Waals surface area contributed by atoms with Gasteiger partial charge in [-0.15, -0.1) is 0 Å². The van der Waals surface area contributed by atoms with Crippen molar-refractivity contribution in [2.24, 2.45) is 17.6 Å². The van der Waals surface area contributed by atoms with Crippen molar-refractivity contribution in [1.82, 2.24) is 0 Å². The predicted octanol–water partition coefficient (Wildman–Crippen LogP) is 6.31. The van der Waals surface area contributed by atoms with Crippen LogP contribution in [0.5, 0.6) is 0 Å². The molecule has 0 saturated heterocycles. The molecule has 1 saturated carbocycles. The molecule has 2 aliphatic carbocycles. The minimum Gasteiger partial charge on any atom is -0.327 e. The molecule has 0 radical (unpaired) electrons. The summed E-state index contributed by atoms with van der Waals surface area (Å²) in [5.74, 6) is 2.14. The molecule has 1 fully saturated rings. The standard InChI is InChI=1S/C10H15N.C10H20.C2H3N/c1-2-9-5-3-6-10(9)7-4-8-11;1-3-9-7-5-6-8-10(9)4-2;1-2-3/h2,4,7H,1,3,5-6,8,11H2;9-10H,3-8H2,1-2H3;1H3/b7-4-;;. The highest BCUT2D eigenvalue weighted by Crippen LogP contribution is 2.33. The van der Waals surface area contributed by atoms with Crippen LogP contribution in [0.25, 0.3) is 0 Å². The Labute approximate surface area is 150 Å². The third-order valence-electron chi connectivity index (χ3n) is 5.12. The van der Waals surface area contributed by atoms with Gasteiger partial charge in [0.2, 0.25) is 0 Å². The van der Waals surface area contributed by atoms with E-state index in [1.54, 1.807) is 6.07 Å². The first kappa shape index (κ1) is 22.7. The summed E-state index contributed by atoms with van der Waals surface area (Å²) in [5.41, 5.74) is 8.18. The Bertz CT molecular complexity index is 414. The maximum atomic E-state index is 7.32. The predicted molar refractivity (Wildman–Crippen MR) is 107 cm³/mol. The van der Waals surface area contributed by atoms with Crippen LogP contribution in [0.15, 0.2) is 36.0 Å². The minimum atomic E-state index is 0.633. The van der Waals surface area contributed by atoms with E-state index < -0.39 is 0 Å². The van der Waals surface area contributed by atoms with Crippen molar-refractivity contribution in [3.63, 3.8) is 0 Å². The maximum absolute atomic E-state index is 7.32. The highest BCUT2D eigenvalue weighted by atomic mass is 14.5. The minimum absolute atomic E-state index is 0.633. The van der Waals surface area contributed by atoms with Gasteiger partial charge in [0.1, 0.15) is 0 Å². The largest absolute Gasteiger partial charge is 0.327 e. The summed E-state index contributed by atoms with van der Waals surface area (Å²) in [6.45, 7) is 10.5. The van der Waals surface area contributed by atoms with Crippen molar-refractivity contribution in [1.29, 1.82) is 5.26 Å². The van der Waals surface area contributed by atoms with Crippen LogP contribution in [0, 0.1) is 23.2 Å². The monoisotopic (exact) mass is 330 g/mol. The van der Waals surface area contributed by atoms with Gasteiger partial charge >= 0.3 is 0 Å². The van der Waals surface area contributed by atoms with Crippen LogP contribution in [-0.2, 0) is 0 Å². The average Bonchev–Trinajstić information content (AvgIpc) is 3.08. The lowest BCUT2D eigenvalue weighted by Gasteiger charge is -2.29. The summed E-state index contributed by atoms with van der Waals surface area (Å²) in [4.78, 5) is 0. The second-order valence-corrected chi connectivity index (χ2v) is 6.59. The molecule has 0 heterocycles. The fraction of sp³-hybridized carbons (Fsp3) is 0.682. The van der Waals surface area contributed by atoms with Crippen LogP contribution < -0.4 is 5.73 Å². The lowest BCUT2D eigenvalue weighted by Crippen LogP contribution is -2.17. The third kappa shape index (κ3) is 9.08. The SMILES string of the molecule is C=CC1=C(/C=C\CN)CCC1.CC#N.CCC1CCCCC1CC. The van der Waals surface area contributed by atoms with Crippen molar-refractivity contribution in [2.75, 3.05) is 6.54 Å². The number of nitrogens with two attached hydrogens (primary N) is 1. The molecule has 2 aliphatic rings. The van der Waals surface area contributed by atoms with Gasteiger partial charge in [-0.2, -0.15) is 5.26 Å². The van der Waals surface area contributed by atoms with Crippen molar-refractivity contribution in [3.05, 3.63) is 36.0 Å². The molecule has 2 heteroatoms. The summed E-state index contributed by atoms with van der Waals surface area (Å²) in [7, 11) is 0. The van der Waals surface area contributed by atoms with Gasteiger partial charge in [-0.1, -0.05) is 77.2 Å². The average molecular weight is 331 g/mol. The molecule has 2 N–H and O–H groups in total. The Morgan fingerprint density at radius 3 is 2.00 bits per heavy atom. The first-order valence-corrected chi connectivity index (χ1v) is 9.70. The normalized spacial score (nSPS) is 23.0. The zero-order chi connectivity index (χ0) is 18.2. The fourth-order valence-electron chi connectivity index (χ4n) is 3.78. The summed E-state index contributed by atoms with van der Waals surface area (Å²) in [6.07, 6.45) is 18.6. The summed E-state index contributed by atoms with van der Waals surface area (Å²) < 4.78 is 0. The van der Waals surface area contributed by atoms with Gasteiger partial charge in [0.15, 0.2) is 0 Å². The van der Waals surface area contributed by atoms with Gasteiger partial charge in [0.05, 0.1) is 6.07 Å². The molecule has 0 spiro atoms. The number of nitriles is 1. The zero-order valence-electron chi connectivity index (χ0n) is 16.2. The van der Waals surface area contributed by atoms with Crippen LogP contribution in [0.1, 0.15) is 78.6 Å². The van der Waals surface area contributed by atoms with Crippen LogP contribution in [0.4, 0.5) is 0 Å². The van der Waals surface area contributed by atoms with Crippen LogP contribution in [0.2, 0.25) is 0 Å². The fourth-order valence-corrected chi connectivity index (χ4v) is 3.78. The molecule has 0 aromatic rings. The van der Waals surface area contributed by atoms with E-state index in [1.165, 1.54) is 75.9 Å². The number of nitrogens with zero attached hydrogens (tertiary/aromatic N) is 1. The molecule has 0 aliphatic heterocycles. The van der Waals surface area contributed by atoms with Gasteiger partial charge < -0.3 is 5.73 Å². The van der Waals surface area contributed by atoms with Gasteiger partial charge in [-0.3, -0.25) is 0 Å². The molecule has 2 unspecified atom stereocenters. The van der Waals surface area contributed by atoms with E-state index in [1.807, 2.05) is 12.2 Å². The van der Waals surface area contributed by atoms with E-state index in [2.05, 4.69) is 26.5 Å². The second-order valence-electron chi connectivity index (χ2n) is 6.59. The number of hydrogen-bond acceptors (Lipinski definition) is 2. The van der Waals surface area contributed by atoms with Crippen molar-refractivity contribution >= 4 is 0 Å². The van der Waals surface area contributed by atoms with Gasteiger partial charge in [0, 0.05) is 13.5 Å². The highest BCUT2D eigenvalue weighted by molar-refractivity contribution is 5.35. The van der Waals surface area contributed by atoms with E-state index >= 15 is 0 Å². The molecule has 0 amide bonds. The van der Waals surface area contributed by atoms with Crippen molar-refractivity contribution in [3.8, 4) is 6.07 Å². The summed E-state index contributed by atoms with van der Waals surface area (Å²) in [5, 5.41) is 7.32. The molecule has 0 bridgehead atoms. The Hall–Kier alpha value is -1.33. The van der Waals surface area contributed by atoms with Crippen LogP contribution >= 0.6 is 0 Å². The second kappa shape index (κ2) is 15.2. The molecule has 2 nitrogen and oxygen atoms in total. The third-order valence-corrected chi connectivity index (χ3v) is 5.12. The van der Waals surface area contributed by atoms with Gasteiger partial charge in [0.25, 0.3) is 0 Å². The molecule has 0 aromatic heterocycles. The Kier molecular flexibility index (Phi) is 14.4.